The summed E-state index contributed by atoms with van der Waals surface area (Å²) in [7, 11) is -0.865. The van der Waals surface area contributed by atoms with E-state index in [2.05, 4.69) is 24.1 Å². The molecule has 1 unspecified atom stereocenters. The van der Waals surface area contributed by atoms with E-state index in [1.807, 2.05) is 24.3 Å². The zero-order valence-electron chi connectivity index (χ0n) is 19.6. The second-order valence-corrected chi connectivity index (χ2v) is 9.19. The van der Waals surface area contributed by atoms with Crippen LogP contribution in [0.15, 0.2) is 42.5 Å². The van der Waals surface area contributed by atoms with Gasteiger partial charge in [0.05, 0.1) is 26.2 Å². The fourth-order valence-electron chi connectivity index (χ4n) is 3.50. The average molecular weight is 464 g/mol. The lowest BCUT2D eigenvalue weighted by Gasteiger charge is -2.29. The molecule has 9 heteroatoms. The van der Waals surface area contributed by atoms with Crippen LogP contribution in [0.25, 0.3) is 0 Å². The molecule has 8 nitrogen and oxygen atoms in total. The summed E-state index contributed by atoms with van der Waals surface area (Å²) in [6.07, 6.45) is 1.06. The van der Waals surface area contributed by atoms with Crippen LogP contribution in [0.1, 0.15) is 26.3 Å². The molecular formula is C23H33N3O5S. The van der Waals surface area contributed by atoms with E-state index in [-0.39, 0.29) is 12.2 Å². The molecule has 2 rings (SSSR count). The molecule has 0 aliphatic carbocycles. The summed E-state index contributed by atoms with van der Waals surface area (Å²) in [5, 5.41) is 2.83. The van der Waals surface area contributed by atoms with Crippen molar-refractivity contribution in [1.29, 1.82) is 0 Å². The Bertz CT molecular complexity index is 1000. The van der Waals surface area contributed by atoms with Crippen LogP contribution < -0.4 is 24.0 Å². The monoisotopic (exact) mass is 463 g/mol. The summed E-state index contributed by atoms with van der Waals surface area (Å²) in [6, 6.07) is 11.8. The summed E-state index contributed by atoms with van der Waals surface area (Å²) in [5.41, 5.74) is 2.28. The van der Waals surface area contributed by atoms with Crippen molar-refractivity contribution < 1.29 is 22.7 Å². The lowest BCUT2D eigenvalue weighted by Crippen LogP contribution is -2.47. The molecular weight excluding hydrogens is 430 g/mol. The molecule has 176 valence electrons. The third kappa shape index (κ3) is 6.06. The molecule has 32 heavy (non-hydrogen) atoms. The van der Waals surface area contributed by atoms with Gasteiger partial charge in [0.15, 0.2) is 0 Å². The number of nitrogens with zero attached hydrogens (tertiary/aromatic N) is 2. The van der Waals surface area contributed by atoms with E-state index in [1.54, 1.807) is 19.1 Å². The third-order valence-corrected chi connectivity index (χ3v) is 6.47. The number of benzene rings is 2. The van der Waals surface area contributed by atoms with Crippen LogP contribution >= 0.6 is 0 Å². The maximum Gasteiger partial charge on any atom is 0.243 e. The van der Waals surface area contributed by atoms with Gasteiger partial charge in [0, 0.05) is 31.4 Å². The number of hydrogen-bond donors (Lipinski definition) is 1. The second-order valence-electron chi connectivity index (χ2n) is 7.33. The Kier molecular flexibility index (Phi) is 8.77. The van der Waals surface area contributed by atoms with E-state index >= 15 is 0 Å². The van der Waals surface area contributed by atoms with Crippen molar-refractivity contribution in [3.63, 3.8) is 0 Å². The van der Waals surface area contributed by atoms with Crippen LogP contribution in [0.2, 0.25) is 0 Å². The molecule has 0 saturated heterocycles. The molecule has 1 N–H and O–H groups in total. The molecule has 0 aliphatic rings. The van der Waals surface area contributed by atoms with Gasteiger partial charge in [-0.25, -0.2) is 8.42 Å². The van der Waals surface area contributed by atoms with E-state index in [1.165, 1.54) is 20.3 Å². The SMILES string of the molecule is CCN(CC)c1ccc(CNC(=O)C(C)N(c2cc(OC)ccc2OC)S(C)(=O)=O)cc1. The Morgan fingerprint density at radius 2 is 1.66 bits per heavy atom. The third-order valence-electron chi connectivity index (χ3n) is 5.24. The molecule has 0 saturated carbocycles. The van der Waals surface area contributed by atoms with Crippen LogP contribution in [0, 0.1) is 0 Å². The van der Waals surface area contributed by atoms with Gasteiger partial charge in [0.25, 0.3) is 0 Å². The van der Waals surface area contributed by atoms with Crippen molar-refractivity contribution in [2.24, 2.45) is 0 Å². The molecule has 0 aromatic heterocycles. The van der Waals surface area contributed by atoms with Gasteiger partial charge < -0.3 is 19.7 Å². The Balaban J connectivity index is 2.21. The van der Waals surface area contributed by atoms with E-state index in [0.717, 1.165) is 34.9 Å². The number of ether oxygens (including phenoxy) is 2. The van der Waals surface area contributed by atoms with Crippen LogP contribution in [-0.2, 0) is 21.4 Å². The van der Waals surface area contributed by atoms with Crippen molar-refractivity contribution in [1.82, 2.24) is 5.32 Å². The highest BCUT2D eigenvalue weighted by Crippen LogP contribution is 2.35. The van der Waals surface area contributed by atoms with Crippen LogP contribution in [0.5, 0.6) is 11.5 Å². The van der Waals surface area contributed by atoms with E-state index in [9.17, 15) is 13.2 Å². The fraction of sp³-hybridized carbons (Fsp3) is 0.435. The molecule has 0 bridgehead atoms. The summed E-state index contributed by atoms with van der Waals surface area (Å²) in [4.78, 5) is 15.1. The van der Waals surface area contributed by atoms with E-state index in [0.29, 0.717) is 11.5 Å². The topological polar surface area (TPSA) is 88.2 Å². The molecule has 0 aliphatic heterocycles. The van der Waals surface area contributed by atoms with Crippen molar-refractivity contribution in [2.45, 2.75) is 33.4 Å². The van der Waals surface area contributed by atoms with Crippen molar-refractivity contribution in [2.75, 3.05) is 42.8 Å². The van der Waals surface area contributed by atoms with Gasteiger partial charge in [-0.3, -0.25) is 9.10 Å². The van der Waals surface area contributed by atoms with Gasteiger partial charge in [0.1, 0.15) is 17.5 Å². The lowest BCUT2D eigenvalue weighted by atomic mass is 10.2. The summed E-state index contributed by atoms with van der Waals surface area (Å²) >= 11 is 0. The van der Waals surface area contributed by atoms with Crippen molar-refractivity contribution >= 4 is 27.3 Å². The first-order valence-corrected chi connectivity index (χ1v) is 12.3. The maximum absolute atomic E-state index is 12.9. The Morgan fingerprint density at radius 1 is 1.03 bits per heavy atom. The Labute approximate surface area is 191 Å². The van der Waals surface area contributed by atoms with Gasteiger partial charge in [0.2, 0.25) is 15.9 Å². The number of rotatable bonds is 11. The zero-order valence-corrected chi connectivity index (χ0v) is 20.4. The molecule has 0 heterocycles. The average Bonchev–Trinajstić information content (AvgIpc) is 2.78. The Morgan fingerprint density at radius 3 is 2.16 bits per heavy atom. The molecule has 1 atom stereocenters. The number of anilines is 2. The summed E-state index contributed by atoms with van der Waals surface area (Å²) in [6.45, 7) is 7.86. The molecule has 1 amide bonds. The zero-order chi connectivity index (χ0) is 23.9. The second kappa shape index (κ2) is 11.1. The minimum Gasteiger partial charge on any atom is -0.497 e. The Hall–Kier alpha value is -2.94. The highest BCUT2D eigenvalue weighted by atomic mass is 32.2. The molecule has 0 radical (unpaired) electrons. The largest absolute Gasteiger partial charge is 0.497 e. The van der Waals surface area contributed by atoms with Gasteiger partial charge in [-0.2, -0.15) is 0 Å². The van der Waals surface area contributed by atoms with Gasteiger partial charge in [-0.15, -0.1) is 0 Å². The molecule has 2 aromatic rings. The number of hydrogen-bond acceptors (Lipinski definition) is 6. The minimum atomic E-state index is -3.79. The minimum absolute atomic E-state index is 0.237. The van der Waals surface area contributed by atoms with Gasteiger partial charge >= 0.3 is 0 Å². The first kappa shape index (κ1) is 25.3. The number of methoxy groups -OCH3 is 2. The number of nitrogens with one attached hydrogen (secondary N) is 1. The number of carbonyl (C=O) groups excluding carboxylic acids is 1. The number of carbonyl (C=O) groups is 1. The van der Waals surface area contributed by atoms with E-state index < -0.39 is 22.0 Å². The van der Waals surface area contributed by atoms with E-state index in [4.69, 9.17) is 9.47 Å². The first-order valence-electron chi connectivity index (χ1n) is 10.5. The molecule has 2 aromatic carbocycles. The number of sulfonamides is 1. The van der Waals surface area contributed by atoms with Crippen LogP contribution in [0.3, 0.4) is 0 Å². The highest BCUT2D eigenvalue weighted by molar-refractivity contribution is 7.92. The highest BCUT2D eigenvalue weighted by Gasteiger charge is 2.31. The van der Waals surface area contributed by atoms with Gasteiger partial charge in [-0.1, -0.05) is 12.1 Å². The van der Waals surface area contributed by atoms with Crippen molar-refractivity contribution in [3.8, 4) is 11.5 Å². The van der Waals surface area contributed by atoms with Crippen LogP contribution in [-0.4, -0.2) is 53.9 Å². The quantitative estimate of drug-likeness (QED) is 0.551. The van der Waals surface area contributed by atoms with Crippen LogP contribution in [0.4, 0.5) is 11.4 Å². The lowest BCUT2D eigenvalue weighted by molar-refractivity contribution is -0.122. The smallest absolute Gasteiger partial charge is 0.243 e. The molecule has 0 spiro atoms. The first-order chi connectivity index (χ1) is 15.2. The summed E-state index contributed by atoms with van der Waals surface area (Å²) < 4.78 is 36.9. The predicted molar refractivity (Wildman–Crippen MR) is 128 cm³/mol. The summed E-state index contributed by atoms with van der Waals surface area (Å²) in [5.74, 6) is 0.353. The number of amides is 1. The molecule has 0 fully saturated rings. The standard InChI is InChI=1S/C23H33N3O5S/c1-7-25(8-2)19-11-9-18(10-12-19)16-24-23(27)17(3)26(32(6,28)29)21-15-20(30-4)13-14-22(21)31-5/h9-15,17H,7-8,16H2,1-6H3,(H,24,27). The van der Waals surface area contributed by atoms with Crippen molar-refractivity contribution in [3.05, 3.63) is 48.0 Å². The fourth-order valence-corrected chi connectivity index (χ4v) is 4.67. The normalized spacial score (nSPS) is 12.1. The van der Waals surface area contributed by atoms with Gasteiger partial charge in [-0.05, 0) is 50.6 Å². The maximum atomic E-state index is 12.9. The predicted octanol–water partition coefficient (Wildman–Crippen LogP) is 3.02.